The standard InChI is InChI=1S/C27H24ClN5O/c1-32(2)24-21-17-20(9-10-22(21)31-25(28)23(24)18-7-5-4-6-8-18)27(34,19-11-13-29-14-12-19)26-30-15-16-33(26)3/h4-17,34H,1-3H3. The highest BCUT2D eigenvalue weighted by molar-refractivity contribution is 6.34. The summed E-state index contributed by atoms with van der Waals surface area (Å²) in [6, 6.07) is 19.3. The van der Waals surface area contributed by atoms with Gasteiger partial charge < -0.3 is 14.6 Å². The van der Waals surface area contributed by atoms with Gasteiger partial charge >= 0.3 is 0 Å². The Balaban J connectivity index is 1.84. The van der Waals surface area contributed by atoms with Crippen molar-refractivity contribution in [1.29, 1.82) is 0 Å². The number of imidazole rings is 1. The van der Waals surface area contributed by atoms with Crippen molar-refractivity contribution in [2.24, 2.45) is 7.05 Å². The number of rotatable bonds is 5. The second-order valence-electron chi connectivity index (χ2n) is 8.43. The van der Waals surface area contributed by atoms with Crippen LogP contribution in [-0.2, 0) is 12.6 Å². The number of aryl methyl sites for hydroxylation is 1. The Morgan fingerprint density at radius 3 is 2.32 bits per heavy atom. The van der Waals surface area contributed by atoms with E-state index in [1.54, 1.807) is 30.7 Å². The quantitative estimate of drug-likeness (QED) is 0.365. The molecule has 3 aromatic heterocycles. The van der Waals surface area contributed by atoms with Crippen molar-refractivity contribution in [1.82, 2.24) is 19.5 Å². The van der Waals surface area contributed by atoms with Crippen LogP contribution < -0.4 is 4.90 Å². The van der Waals surface area contributed by atoms with Crippen LogP contribution >= 0.6 is 11.6 Å². The summed E-state index contributed by atoms with van der Waals surface area (Å²) < 4.78 is 1.83. The van der Waals surface area contributed by atoms with E-state index < -0.39 is 5.60 Å². The molecule has 0 bridgehead atoms. The van der Waals surface area contributed by atoms with Crippen LogP contribution in [-0.4, -0.2) is 38.7 Å². The Bertz CT molecular complexity index is 1470. The molecule has 7 heteroatoms. The molecule has 5 rings (SSSR count). The van der Waals surface area contributed by atoms with E-state index >= 15 is 0 Å². The average molecular weight is 470 g/mol. The zero-order valence-electron chi connectivity index (χ0n) is 19.1. The highest BCUT2D eigenvalue weighted by Gasteiger charge is 2.38. The molecule has 0 aliphatic carbocycles. The van der Waals surface area contributed by atoms with Gasteiger partial charge in [0.25, 0.3) is 0 Å². The first-order chi connectivity index (χ1) is 16.4. The minimum absolute atomic E-state index is 0.434. The lowest BCUT2D eigenvalue weighted by molar-refractivity contribution is 0.112. The van der Waals surface area contributed by atoms with Crippen molar-refractivity contribution in [2.75, 3.05) is 19.0 Å². The summed E-state index contributed by atoms with van der Waals surface area (Å²) >= 11 is 6.71. The monoisotopic (exact) mass is 469 g/mol. The van der Waals surface area contributed by atoms with Gasteiger partial charge in [0.05, 0.1) is 11.2 Å². The zero-order chi connectivity index (χ0) is 23.9. The Labute approximate surface area is 203 Å². The molecule has 0 spiro atoms. The maximum absolute atomic E-state index is 12.3. The number of aliphatic hydroxyl groups is 1. The zero-order valence-corrected chi connectivity index (χ0v) is 19.9. The van der Waals surface area contributed by atoms with E-state index in [4.69, 9.17) is 16.6 Å². The number of anilines is 1. The molecular formula is C27H24ClN5O. The third-order valence-electron chi connectivity index (χ3n) is 6.08. The highest BCUT2D eigenvalue weighted by atomic mass is 35.5. The first-order valence-electron chi connectivity index (χ1n) is 10.9. The van der Waals surface area contributed by atoms with Crippen molar-refractivity contribution < 1.29 is 5.11 Å². The fourth-order valence-electron chi connectivity index (χ4n) is 4.50. The molecule has 1 atom stereocenters. The molecule has 34 heavy (non-hydrogen) atoms. The second-order valence-corrected chi connectivity index (χ2v) is 8.78. The molecule has 0 aliphatic rings. The summed E-state index contributed by atoms with van der Waals surface area (Å²) in [6.07, 6.45) is 6.85. The molecule has 2 aromatic carbocycles. The van der Waals surface area contributed by atoms with E-state index in [2.05, 4.69) is 9.97 Å². The number of hydrogen-bond donors (Lipinski definition) is 1. The lowest BCUT2D eigenvalue weighted by Gasteiger charge is -2.29. The number of nitrogens with zero attached hydrogens (tertiary/aromatic N) is 5. The van der Waals surface area contributed by atoms with Crippen LogP contribution in [0.4, 0.5) is 5.69 Å². The van der Waals surface area contributed by atoms with Crippen LogP contribution in [0.2, 0.25) is 5.15 Å². The number of halogens is 1. The fraction of sp³-hybridized carbons (Fsp3) is 0.148. The van der Waals surface area contributed by atoms with E-state index in [1.165, 1.54) is 0 Å². The van der Waals surface area contributed by atoms with Gasteiger partial charge in [0.15, 0.2) is 5.60 Å². The first kappa shape index (κ1) is 22.1. The van der Waals surface area contributed by atoms with Gasteiger partial charge in [0.1, 0.15) is 11.0 Å². The molecule has 0 saturated carbocycles. The van der Waals surface area contributed by atoms with Gasteiger partial charge in [-0.15, -0.1) is 0 Å². The number of hydrogen-bond acceptors (Lipinski definition) is 5. The summed E-state index contributed by atoms with van der Waals surface area (Å²) in [5, 5.41) is 13.6. The smallest absolute Gasteiger partial charge is 0.173 e. The van der Waals surface area contributed by atoms with Gasteiger partial charge in [-0.3, -0.25) is 4.98 Å². The Morgan fingerprint density at radius 1 is 0.941 bits per heavy atom. The van der Waals surface area contributed by atoms with Crippen molar-refractivity contribution in [2.45, 2.75) is 5.60 Å². The summed E-state index contributed by atoms with van der Waals surface area (Å²) in [6.45, 7) is 0. The van der Waals surface area contributed by atoms with Crippen LogP contribution in [0.3, 0.4) is 0 Å². The van der Waals surface area contributed by atoms with Crippen LogP contribution in [0.15, 0.2) is 85.5 Å². The molecule has 5 aromatic rings. The molecule has 0 radical (unpaired) electrons. The summed E-state index contributed by atoms with van der Waals surface area (Å²) in [7, 11) is 5.84. The van der Waals surface area contributed by atoms with Crippen LogP contribution in [0.1, 0.15) is 17.0 Å². The minimum atomic E-state index is -1.49. The molecule has 1 unspecified atom stereocenters. The van der Waals surface area contributed by atoms with Crippen molar-refractivity contribution >= 4 is 28.2 Å². The Morgan fingerprint density at radius 2 is 1.68 bits per heavy atom. The van der Waals surface area contributed by atoms with Crippen molar-refractivity contribution in [3.63, 3.8) is 0 Å². The van der Waals surface area contributed by atoms with E-state index in [-0.39, 0.29) is 0 Å². The minimum Gasteiger partial charge on any atom is -0.377 e. The highest BCUT2D eigenvalue weighted by Crippen LogP contribution is 2.43. The Kier molecular flexibility index (Phi) is 5.55. The number of benzene rings is 2. The van der Waals surface area contributed by atoms with Gasteiger partial charge in [0, 0.05) is 56.9 Å². The van der Waals surface area contributed by atoms with Crippen molar-refractivity contribution in [3.8, 4) is 11.1 Å². The first-order valence-corrected chi connectivity index (χ1v) is 11.3. The summed E-state index contributed by atoms with van der Waals surface area (Å²) in [5.41, 5.74) is 3.35. The average Bonchev–Trinajstić information content (AvgIpc) is 3.29. The van der Waals surface area contributed by atoms with Crippen LogP contribution in [0, 0.1) is 0 Å². The molecule has 0 aliphatic heterocycles. The summed E-state index contributed by atoms with van der Waals surface area (Å²) in [5.74, 6) is 0.509. The predicted octanol–water partition coefficient (Wildman–Crippen LogP) is 5.03. The largest absolute Gasteiger partial charge is 0.377 e. The van der Waals surface area contributed by atoms with Gasteiger partial charge in [-0.2, -0.15) is 0 Å². The molecule has 0 saturated heterocycles. The number of aromatic nitrogens is 4. The molecule has 3 heterocycles. The molecule has 1 N–H and O–H groups in total. The third-order valence-corrected chi connectivity index (χ3v) is 6.36. The van der Waals surface area contributed by atoms with Crippen LogP contribution in [0.5, 0.6) is 0 Å². The molecule has 6 nitrogen and oxygen atoms in total. The normalized spacial score (nSPS) is 13.1. The van der Waals surface area contributed by atoms with E-state index in [9.17, 15) is 5.11 Å². The molecular weight excluding hydrogens is 446 g/mol. The molecule has 170 valence electrons. The van der Waals surface area contributed by atoms with Crippen molar-refractivity contribution in [3.05, 3.63) is 108 Å². The third kappa shape index (κ3) is 3.52. The molecule has 0 fully saturated rings. The lowest BCUT2D eigenvalue weighted by Crippen LogP contribution is -2.32. The lowest BCUT2D eigenvalue weighted by atomic mass is 9.84. The van der Waals surface area contributed by atoms with E-state index in [0.29, 0.717) is 22.1 Å². The van der Waals surface area contributed by atoms with Gasteiger partial charge in [-0.1, -0.05) is 48.0 Å². The SMILES string of the molecule is CN(C)c1c(-c2ccccc2)c(Cl)nc2ccc(C(O)(c3ccncc3)c3nccn3C)cc12. The number of fused-ring (bicyclic) bond motifs is 1. The van der Waals surface area contributed by atoms with Gasteiger partial charge in [-0.25, -0.2) is 9.97 Å². The summed E-state index contributed by atoms with van der Waals surface area (Å²) in [4.78, 5) is 15.4. The maximum Gasteiger partial charge on any atom is 0.173 e. The Hall–Kier alpha value is -3.74. The van der Waals surface area contributed by atoms with Gasteiger partial charge in [-0.05, 0) is 41.0 Å². The fourth-order valence-corrected chi connectivity index (χ4v) is 4.79. The van der Waals surface area contributed by atoms with Crippen LogP contribution in [0.25, 0.3) is 22.0 Å². The van der Waals surface area contributed by atoms with E-state index in [1.807, 2.05) is 85.3 Å². The van der Waals surface area contributed by atoms with E-state index in [0.717, 1.165) is 27.7 Å². The number of pyridine rings is 2. The topological polar surface area (TPSA) is 67.1 Å². The second kappa shape index (κ2) is 8.56. The molecule has 0 amide bonds. The predicted molar refractivity (Wildman–Crippen MR) is 136 cm³/mol. The maximum atomic E-state index is 12.3. The van der Waals surface area contributed by atoms with Gasteiger partial charge in [0.2, 0.25) is 0 Å².